The summed E-state index contributed by atoms with van der Waals surface area (Å²) in [4.78, 5) is 0. The Morgan fingerprint density at radius 3 is 2.35 bits per heavy atom. The summed E-state index contributed by atoms with van der Waals surface area (Å²) in [6, 6.07) is 21.9. The molecule has 0 heterocycles. The zero-order valence-corrected chi connectivity index (χ0v) is 12.9. The fraction of sp³-hybridized carbons (Fsp3) is 0.200. The molecule has 3 aromatic carbocycles. The molecule has 0 amide bonds. The van der Waals surface area contributed by atoms with Gasteiger partial charge in [-0.1, -0.05) is 54.6 Å². The van der Waals surface area contributed by atoms with E-state index in [4.69, 9.17) is 4.74 Å². The first-order chi connectivity index (χ1) is 11.3. The standard InChI is InChI=1S/C20H20O3/c21-12-17(13-22)19-8-4-7-16-11-18(9-10-20(16)19)23-14-15-5-2-1-3-6-15/h1-11,17,21-22H,12-14H2. The van der Waals surface area contributed by atoms with Crippen LogP contribution in [0.2, 0.25) is 0 Å². The maximum Gasteiger partial charge on any atom is 0.120 e. The molecule has 0 saturated carbocycles. The Kier molecular flexibility index (Phi) is 4.91. The summed E-state index contributed by atoms with van der Waals surface area (Å²) >= 11 is 0. The highest BCUT2D eigenvalue weighted by molar-refractivity contribution is 5.87. The molecule has 3 nitrogen and oxygen atoms in total. The maximum atomic E-state index is 9.42. The van der Waals surface area contributed by atoms with Crippen LogP contribution in [0.5, 0.6) is 5.75 Å². The van der Waals surface area contributed by atoms with E-state index >= 15 is 0 Å². The average molecular weight is 308 g/mol. The van der Waals surface area contributed by atoms with E-state index in [1.54, 1.807) is 0 Å². The van der Waals surface area contributed by atoms with Crippen molar-refractivity contribution in [2.24, 2.45) is 0 Å². The van der Waals surface area contributed by atoms with Crippen molar-refractivity contribution >= 4 is 10.8 Å². The first-order valence-electron chi connectivity index (χ1n) is 7.73. The average Bonchev–Trinajstić information content (AvgIpc) is 2.62. The molecule has 0 spiro atoms. The molecular weight excluding hydrogens is 288 g/mol. The van der Waals surface area contributed by atoms with Crippen LogP contribution in [0.25, 0.3) is 10.8 Å². The molecule has 0 unspecified atom stereocenters. The van der Waals surface area contributed by atoms with Crippen molar-refractivity contribution < 1.29 is 14.9 Å². The van der Waals surface area contributed by atoms with E-state index in [1.165, 1.54) is 0 Å². The van der Waals surface area contributed by atoms with Gasteiger partial charge in [0.05, 0.1) is 13.2 Å². The van der Waals surface area contributed by atoms with Gasteiger partial charge >= 0.3 is 0 Å². The molecule has 0 aromatic heterocycles. The molecule has 0 radical (unpaired) electrons. The molecule has 3 rings (SSSR count). The number of ether oxygens (including phenoxy) is 1. The lowest BCUT2D eigenvalue weighted by atomic mass is 9.94. The van der Waals surface area contributed by atoms with Crippen LogP contribution >= 0.6 is 0 Å². The second-order valence-electron chi connectivity index (χ2n) is 5.57. The molecule has 2 N–H and O–H groups in total. The van der Waals surface area contributed by atoms with Gasteiger partial charge in [-0.05, 0) is 34.0 Å². The molecule has 118 valence electrons. The van der Waals surface area contributed by atoms with Crippen LogP contribution in [0.1, 0.15) is 17.0 Å². The Balaban J connectivity index is 1.85. The highest BCUT2D eigenvalue weighted by Crippen LogP contribution is 2.28. The number of benzene rings is 3. The van der Waals surface area contributed by atoms with E-state index in [9.17, 15) is 10.2 Å². The van der Waals surface area contributed by atoms with Crippen molar-refractivity contribution in [2.75, 3.05) is 13.2 Å². The van der Waals surface area contributed by atoms with Crippen LogP contribution < -0.4 is 4.74 Å². The Labute approximate surface area is 135 Å². The smallest absolute Gasteiger partial charge is 0.120 e. The Morgan fingerprint density at radius 1 is 0.826 bits per heavy atom. The highest BCUT2D eigenvalue weighted by atomic mass is 16.5. The highest BCUT2D eigenvalue weighted by Gasteiger charge is 2.12. The first kappa shape index (κ1) is 15.5. The molecule has 3 aromatic rings. The second kappa shape index (κ2) is 7.27. The Hall–Kier alpha value is -2.36. The number of hydrogen-bond acceptors (Lipinski definition) is 3. The fourth-order valence-corrected chi connectivity index (χ4v) is 2.73. The van der Waals surface area contributed by atoms with Crippen LogP contribution in [0, 0.1) is 0 Å². The molecule has 0 bridgehead atoms. The minimum absolute atomic E-state index is 0.0676. The van der Waals surface area contributed by atoms with Crippen LogP contribution in [-0.2, 0) is 6.61 Å². The van der Waals surface area contributed by atoms with Gasteiger partial charge in [0, 0.05) is 5.92 Å². The van der Waals surface area contributed by atoms with E-state index in [2.05, 4.69) is 0 Å². The van der Waals surface area contributed by atoms with Gasteiger partial charge in [-0.15, -0.1) is 0 Å². The number of aliphatic hydroxyl groups is 2. The lowest BCUT2D eigenvalue weighted by Gasteiger charge is -2.15. The first-order valence-corrected chi connectivity index (χ1v) is 7.73. The number of aliphatic hydroxyl groups excluding tert-OH is 2. The zero-order valence-electron chi connectivity index (χ0n) is 12.9. The van der Waals surface area contributed by atoms with Crippen LogP contribution in [-0.4, -0.2) is 23.4 Å². The quantitative estimate of drug-likeness (QED) is 0.733. The van der Waals surface area contributed by atoms with E-state index in [0.29, 0.717) is 6.61 Å². The van der Waals surface area contributed by atoms with E-state index in [1.807, 2.05) is 66.7 Å². The minimum atomic E-state index is -0.255. The Morgan fingerprint density at radius 2 is 1.61 bits per heavy atom. The summed E-state index contributed by atoms with van der Waals surface area (Å²) in [5.41, 5.74) is 2.09. The van der Waals surface area contributed by atoms with Gasteiger partial charge in [0.15, 0.2) is 0 Å². The van der Waals surface area contributed by atoms with Gasteiger partial charge in [-0.25, -0.2) is 0 Å². The van der Waals surface area contributed by atoms with E-state index in [-0.39, 0.29) is 19.1 Å². The molecule has 23 heavy (non-hydrogen) atoms. The second-order valence-corrected chi connectivity index (χ2v) is 5.57. The fourth-order valence-electron chi connectivity index (χ4n) is 2.73. The summed E-state index contributed by atoms with van der Waals surface area (Å²) in [6.07, 6.45) is 0. The van der Waals surface area contributed by atoms with Gasteiger partial charge in [-0.2, -0.15) is 0 Å². The minimum Gasteiger partial charge on any atom is -0.489 e. The molecule has 0 atom stereocenters. The number of rotatable bonds is 6. The molecule has 0 saturated heterocycles. The monoisotopic (exact) mass is 308 g/mol. The SMILES string of the molecule is OCC(CO)c1cccc2cc(OCc3ccccc3)ccc12. The lowest BCUT2D eigenvalue weighted by molar-refractivity contribution is 0.193. The van der Waals surface area contributed by atoms with Gasteiger partial charge in [-0.3, -0.25) is 0 Å². The number of hydrogen-bond donors (Lipinski definition) is 2. The molecule has 3 heteroatoms. The third-order valence-electron chi connectivity index (χ3n) is 4.01. The van der Waals surface area contributed by atoms with E-state index in [0.717, 1.165) is 27.6 Å². The van der Waals surface area contributed by atoms with Crippen molar-refractivity contribution in [1.29, 1.82) is 0 Å². The lowest BCUT2D eigenvalue weighted by Crippen LogP contribution is -2.09. The van der Waals surface area contributed by atoms with Crippen molar-refractivity contribution in [1.82, 2.24) is 0 Å². The van der Waals surface area contributed by atoms with Crippen molar-refractivity contribution in [3.63, 3.8) is 0 Å². The van der Waals surface area contributed by atoms with E-state index < -0.39 is 0 Å². The predicted molar refractivity (Wildman–Crippen MR) is 91.6 cm³/mol. The summed E-state index contributed by atoms with van der Waals surface area (Å²) in [6.45, 7) is 0.395. The van der Waals surface area contributed by atoms with Crippen molar-refractivity contribution in [2.45, 2.75) is 12.5 Å². The maximum absolute atomic E-state index is 9.42. The molecular formula is C20H20O3. The normalized spacial score (nSPS) is 11.1. The summed E-state index contributed by atoms with van der Waals surface area (Å²) in [5, 5.41) is 20.9. The van der Waals surface area contributed by atoms with Crippen molar-refractivity contribution in [3.8, 4) is 5.75 Å². The predicted octanol–water partition coefficient (Wildman–Crippen LogP) is 3.49. The molecule has 0 fully saturated rings. The summed E-state index contributed by atoms with van der Waals surface area (Å²) < 4.78 is 5.85. The van der Waals surface area contributed by atoms with Gasteiger partial charge in [0.2, 0.25) is 0 Å². The third-order valence-corrected chi connectivity index (χ3v) is 4.01. The van der Waals surface area contributed by atoms with Gasteiger partial charge in [0.25, 0.3) is 0 Å². The Bertz CT molecular complexity index is 764. The third kappa shape index (κ3) is 3.52. The molecule has 0 aliphatic heterocycles. The molecule has 0 aliphatic carbocycles. The number of fused-ring (bicyclic) bond motifs is 1. The van der Waals surface area contributed by atoms with Crippen LogP contribution in [0.4, 0.5) is 0 Å². The zero-order chi connectivity index (χ0) is 16.1. The topological polar surface area (TPSA) is 49.7 Å². The van der Waals surface area contributed by atoms with Crippen LogP contribution in [0.15, 0.2) is 66.7 Å². The largest absolute Gasteiger partial charge is 0.489 e. The molecule has 0 aliphatic rings. The van der Waals surface area contributed by atoms with Gasteiger partial charge in [0.1, 0.15) is 12.4 Å². The summed E-state index contributed by atoms with van der Waals surface area (Å²) in [5.74, 6) is 0.554. The summed E-state index contributed by atoms with van der Waals surface area (Å²) in [7, 11) is 0. The van der Waals surface area contributed by atoms with Gasteiger partial charge < -0.3 is 14.9 Å². The van der Waals surface area contributed by atoms with Crippen LogP contribution in [0.3, 0.4) is 0 Å². The van der Waals surface area contributed by atoms with Crippen molar-refractivity contribution in [3.05, 3.63) is 77.9 Å².